The maximum atomic E-state index is 6.27. The molecule has 0 aliphatic heterocycles. The van der Waals surface area contributed by atoms with Gasteiger partial charge in [-0.2, -0.15) is 0 Å². The molecule has 1 aromatic rings. The molecule has 0 radical (unpaired) electrons. The molecule has 2 fully saturated rings. The van der Waals surface area contributed by atoms with Gasteiger partial charge < -0.3 is 10.1 Å². The van der Waals surface area contributed by atoms with Crippen molar-refractivity contribution in [2.75, 3.05) is 11.9 Å². The van der Waals surface area contributed by atoms with Gasteiger partial charge >= 0.3 is 0 Å². The highest BCUT2D eigenvalue weighted by molar-refractivity contribution is 7.10. The predicted molar refractivity (Wildman–Crippen MR) is 81.9 cm³/mol. The summed E-state index contributed by atoms with van der Waals surface area (Å²) in [5.74, 6) is 0.819. The number of fused-ring (bicyclic) bond motifs is 2. The van der Waals surface area contributed by atoms with Gasteiger partial charge in [0.25, 0.3) is 0 Å². The third kappa shape index (κ3) is 1.98. The highest BCUT2D eigenvalue weighted by Crippen LogP contribution is 2.66. The number of aromatic nitrogens is 2. The minimum atomic E-state index is 0.319. The second kappa shape index (κ2) is 4.95. The second-order valence-electron chi connectivity index (χ2n) is 6.99. The molecule has 2 bridgehead atoms. The van der Waals surface area contributed by atoms with Gasteiger partial charge in [0.1, 0.15) is 10.7 Å². The summed E-state index contributed by atoms with van der Waals surface area (Å²) in [7, 11) is 0. The van der Waals surface area contributed by atoms with Crippen molar-refractivity contribution in [1.29, 1.82) is 0 Å². The normalized spacial score (nSPS) is 34.6. The average Bonchev–Trinajstić information content (AvgIpc) is 2.98. The van der Waals surface area contributed by atoms with Crippen molar-refractivity contribution in [2.45, 2.75) is 59.7 Å². The summed E-state index contributed by atoms with van der Waals surface area (Å²) in [5, 5.41) is 8.56. The van der Waals surface area contributed by atoms with Crippen LogP contribution in [-0.2, 0) is 11.3 Å². The van der Waals surface area contributed by atoms with E-state index < -0.39 is 0 Å². The number of ether oxygens (including phenoxy) is 1. The quantitative estimate of drug-likeness (QED) is 0.899. The molecule has 1 heterocycles. The van der Waals surface area contributed by atoms with Gasteiger partial charge in [0.2, 0.25) is 0 Å². The molecule has 0 spiro atoms. The van der Waals surface area contributed by atoms with Crippen molar-refractivity contribution < 1.29 is 4.74 Å². The number of hydrogen-bond donors (Lipinski definition) is 1. The van der Waals surface area contributed by atoms with Crippen LogP contribution in [0.4, 0.5) is 5.00 Å². The lowest BCUT2D eigenvalue weighted by Gasteiger charge is -2.38. The van der Waals surface area contributed by atoms with Gasteiger partial charge in [-0.3, -0.25) is 0 Å². The van der Waals surface area contributed by atoms with E-state index in [9.17, 15) is 0 Å². The first-order chi connectivity index (χ1) is 9.49. The van der Waals surface area contributed by atoms with Crippen LogP contribution in [0.25, 0.3) is 0 Å². The molecule has 1 aromatic heterocycles. The molecule has 0 amide bonds. The number of hydrogen-bond acceptors (Lipinski definition) is 5. The van der Waals surface area contributed by atoms with Crippen LogP contribution in [0.2, 0.25) is 0 Å². The van der Waals surface area contributed by atoms with Crippen molar-refractivity contribution in [3.63, 3.8) is 0 Å². The van der Waals surface area contributed by atoms with Crippen LogP contribution < -0.4 is 5.32 Å². The third-order valence-corrected chi connectivity index (χ3v) is 6.75. The SMILES string of the molecule is CCNc1snnc1COC1CC2CCC1(C)C2(C)C. The molecule has 20 heavy (non-hydrogen) atoms. The summed E-state index contributed by atoms with van der Waals surface area (Å²) >= 11 is 1.42. The molecule has 2 aliphatic carbocycles. The summed E-state index contributed by atoms with van der Waals surface area (Å²) in [6.07, 6.45) is 4.24. The number of anilines is 1. The Morgan fingerprint density at radius 3 is 2.80 bits per heavy atom. The Morgan fingerprint density at radius 2 is 2.20 bits per heavy atom. The minimum absolute atomic E-state index is 0.319. The molecule has 0 aromatic carbocycles. The van der Waals surface area contributed by atoms with Gasteiger partial charge in [-0.25, -0.2) is 0 Å². The summed E-state index contributed by atoms with van der Waals surface area (Å²) in [6.45, 7) is 10.8. The van der Waals surface area contributed by atoms with E-state index in [1.54, 1.807) is 0 Å². The molecule has 4 nitrogen and oxygen atoms in total. The lowest BCUT2D eigenvalue weighted by molar-refractivity contribution is -0.0558. The first kappa shape index (κ1) is 14.3. The van der Waals surface area contributed by atoms with Crippen LogP contribution >= 0.6 is 11.5 Å². The zero-order valence-electron chi connectivity index (χ0n) is 12.9. The topological polar surface area (TPSA) is 47.0 Å². The Bertz CT molecular complexity index is 487. The van der Waals surface area contributed by atoms with E-state index in [1.807, 2.05) is 0 Å². The van der Waals surface area contributed by atoms with E-state index in [1.165, 1.54) is 30.8 Å². The minimum Gasteiger partial charge on any atom is -0.374 e. The maximum absolute atomic E-state index is 6.27. The van der Waals surface area contributed by atoms with Gasteiger partial charge in [0, 0.05) is 18.1 Å². The second-order valence-corrected chi connectivity index (χ2v) is 7.74. The van der Waals surface area contributed by atoms with Crippen LogP contribution in [0.15, 0.2) is 0 Å². The summed E-state index contributed by atoms with van der Waals surface area (Å²) in [5.41, 5.74) is 1.68. The van der Waals surface area contributed by atoms with Crippen molar-refractivity contribution >= 4 is 16.5 Å². The number of rotatable bonds is 5. The zero-order chi connectivity index (χ0) is 14.4. The first-order valence-corrected chi connectivity index (χ1v) is 8.43. The van der Waals surface area contributed by atoms with Gasteiger partial charge in [-0.1, -0.05) is 25.3 Å². The Morgan fingerprint density at radius 1 is 1.40 bits per heavy atom. The molecule has 1 N–H and O–H groups in total. The van der Waals surface area contributed by atoms with E-state index in [2.05, 4.69) is 42.6 Å². The van der Waals surface area contributed by atoms with Gasteiger partial charge in [0.05, 0.1) is 12.7 Å². The molecule has 3 unspecified atom stereocenters. The molecular weight excluding hydrogens is 270 g/mol. The third-order valence-electron chi connectivity index (χ3n) is 6.03. The fraction of sp³-hybridized carbons (Fsp3) is 0.867. The van der Waals surface area contributed by atoms with Crippen LogP contribution in [0, 0.1) is 16.7 Å². The highest BCUT2D eigenvalue weighted by Gasteiger charge is 2.61. The largest absolute Gasteiger partial charge is 0.374 e. The Hall–Kier alpha value is -0.680. The summed E-state index contributed by atoms with van der Waals surface area (Å²) < 4.78 is 10.3. The zero-order valence-corrected chi connectivity index (χ0v) is 13.7. The molecule has 2 aliphatic rings. The lowest BCUT2D eigenvalue weighted by Crippen LogP contribution is -2.37. The Balaban J connectivity index is 1.67. The average molecular weight is 295 g/mol. The molecule has 2 saturated carbocycles. The monoisotopic (exact) mass is 295 g/mol. The van der Waals surface area contributed by atoms with Crippen LogP contribution in [0.1, 0.15) is 52.7 Å². The Labute approximate surface area is 125 Å². The fourth-order valence-electron chi connectivity index (χ4n) is 4.16. The van der Waals surface area contributed by atoms with Crippen molar-refractivity contribution in [3.8, 4) is 0 Å². The fourth-order valence-corrected chi connectivity index (χ4v) is 4.79. The molecular formula is C15H25N3OS. The van der Waals surface area contributed by atoms with Crippen LogP contribution in [0.3, 0.4) is 0 Å². The van der Waals surface area contributed by atoms with Gasteiger partial charge in [-0.15, -0.1) is 5.10 Å². The van der Waals surface area contributed by atoms with Crippen molar-refractivity contribution in [2.24, 2.45) is 16.7 Å². The molecule has 0 saturated heterocycles. The van der Waals surface area contributed by atoms with Crippen molar-refractivity contribution in [1.82, 2.24) is 9.59 Å². The van der Waals surface area contributed by atoms with Crippen LogP contribution in [-0.4, -0.2) is 22.2 Å². The first-order valence-electron chi connectivity index (χ1n) is 7.65. The van der Waals surface area contributed by atoms with Gasteiger partial charge in [0.15, 0.2) is 0 Å². The number of nitrogens with zero attached hydrogens (tertiary/aromatic N) is 2. The lowest BCUT2D eigenvalue weighted by atomic mass is 9.70. The van der Waals surface area contributed by atoms with Crippen molar-refractivity contribution in [3.05, 3.63) is 5.69 Å². The smallest absolute Gasteiger partial charge is 0.135 e. The van der Waals surface area contributed by atoms with Gasteiger partial charge in [-0.05, 0) is 42.9 Å². The summed E-state index contributed by atoms with van der Waals surface area (Å²) in [4.78, 5) is 0. The Kier molecular flexibility index (Phi) is 3.53. The maximum Gasteiger partial charge on any atom is 0.135 e. The standard InChI is InChI=1S/C15H25N3OS/c1-5-16-13-11(17-18-20-13)9-19-12-8-10-6-7-15(12,4)14(10,2)3/h10,12,16H,5-9H2,1-4H3. The van der Waals surface area contributed by atoms with E-state index in [0.29, 0.717) is 23.5 Å². The molecule has 3 rings (SSSR count). The summed E-state index contributed by atoms with van der Waals surface area (Å²) in [6, 6.07) is 0. The van der Waals surface area contributed by atoms with E-state index >= 15 is 0 Å². The van der Waals surface area contributed by atoms with E-state index in [4.69, 9.17) is 4.74 Å². The predicted octanol–water partition coefficient (Wildman–Crippen LogP) is 3.70. The molecule has 5 heteroatoms. The molecule has 3 atom stereocenters. The molecule has 112 valence electrons. The van der Waals surface area contributed by atoms with E-state index in [-0.39, 0.29) is 0 Å². The van der Waals surface area contributed by atoms with E-state index in [0.717, 1.165) is 23.2 Å². The van der Waals surface area contributed by atoms with Crippen LogP contribution in [0.5, 0.6) is 0 Å². The number of nitrogens with one attached hydrogen (secondary N) is 1. The highest BCUT2D eigenvalue weighted by atomic mass is 32.1.